The van der Waals surface area contributed by atoms with Crippen molar-refractivity contribution in [3.63, 3.8) is 0 Å². The van der Waals surface area contributed by atoms with Crippen LogP contribution >= 0.6 is 0 Å². The lowest BCUT2D eigenvalue weighted by atomic mass is 9.91. The number of piperidine rings is 1. The number of likely N-dealkylation sites (tertiary alicyclic amines) is 1. The molecule has 4 nitrogen and oxygen atoms in total. The van der Waals surface area contributed by atoms with Gasteiger partial charge in [-0.1, -0.05) is 67.1 Å². The van der Waals surface area contributed by atoms with Gasteiger partial charge in [0, 0.05) is 0 Å². The molecule has 1 heterocycles. The second kappa shape index (κ2) is 8.93. The maximum Gasteiger partial charge on any atom is 0.320 e. The van der Waals surface area contributed by atoms with E-state index in [0.717, 1.165) is 42.0 Å². The van der Waals surface area contributed by atoms with Crippen LogP contribution in [0.15, 0.2) is 84.9 Å². The van der Waals surface area contributed by atoms with Crippen molar-refractivity contribution in [2.75, 3.05) is 6.54 Å². The predicted molar refractivity (Wildman–Crippen MR) is 113 cm³/mol. The summed E-state index contributed by atoms with van der Waals surface area (Å²) in [5.74, 6) is 0.781. The second-order valence-electron chi connectivity index (χ2n) is 7.39. The summed E-state index contributed by atoms with van der Waals surface area (Å²) in [5, 5.41) is 9.83. The number of benzene rings is 3. The normalized spacial score (nSPS) is 18.1. The van der Waals surface area contributed by atoms with E-state index < -0.39 is 12.0 Å². The Balaban J connectivity index is 1.72. The molecule has 1 saturated heterocycles. The minimum Gasteiger partial charge on any atom is -0.480 e. The zero-order valence-electron chi connectivity index (χ0n) is 16.3. The Labute approximate surface area is 171 Å². The maximum absolute atomic E-state index is 12.0. The maximum atomic E-state index is 12.0. The molecule has 3 aromatic carbocycles. The first kappa shape index (κ1) is 19.2. The molecule has 2 unspecified atom stereocenters. The minimum absolute atomic E-state index is 0.128. The van der Waals surface area contributed by atoms with Gasteiger partial charge in [0.2, 0.25) is 0 Å². The number of carbonyl (C=O) groups is 1. The van der Waals surface area contributed by atoms with Gasteiger partial charge >= 0.3 is 5.97 Å². The third-order valence-corrected chi connectivity index (χ3v) is 5.43. The molecule has 29 heavy (non-hydrogen) atoms. The van der Waals surface area contributed by atoms with E-state index >= 15 is 0 Å². The van der Waals surface area contributed by atoms with Crippen molar-refractivity contribution in [2.45, 2.75) is 31.3 Å². The molecule has 3 aromatic rings. The van der Waals surface area contributed by atoms with Crippen molar-refractivity contribution in [2.24, 2.45) is 0 Å². The Morgan fingerprint density at radius 1 is 0.862 bits per heavy atom. The molecule has 4 rings (SSSR count). The molecule has 1 N–H and O–H groups in total. The number of carboxylic acid groups (broad SMARTS) is 1. The summed E-state index contributed by atoms with van der Waals surface area (Å²) in [6.45, 7) is 0.764. The number of hydrogen-bond donors (Lipinski definition) is 1. The first-order valence-electron chi connectivity index (χ1n) is 10.1. The highest BCUT2D eigenvalue weighted by atomic mass is 16.5. The van der Waals surface area contributed by atoms with E-state index in [0.29, 0.717) is 6.42 Å². The zero-order chi connectivity index (χ0) is 20.1. The van der Waals surface area contributed by atoms with Crippen LogP contribution in [-0.2, 0) is 4.79 Å². The summed E-state index contributed by atoms with van der Waals surface area (Å²) in [6, 6.07) is 27.2. The lowest BCUT2D eigenvalue weighted by Gasteiger charge is -2.39. The van der Waals surface area contributed by atoms with E-state index in [1.165, 1.54) is 0 Å². The fourth-order valence-electron chi connectivity index (χ4n) is 4.11. The molecule has 0 radical (unpaired) electrons. The van der Waals surface area contributed by atoms with Gasteiger partial charge in [0.1, 0.15) is 17.5 Å². The number of para-hydroxylation sites is 1. The van der Waals surface area contributed by atoms with Gasteiger partial charge in [0.15, 0.2) is 0 Å². The zero-order valence-corrected chi connectivity index (χ0v) is 16.3. The molecule has 0 bridgehead atoms. The molecular formula is C25H25NO3. The van der Waals surface area contributed by atoms with Gasteiger partial charge in [-0.3, -0.25) is 9.69 Å². The summed E-state index contributed by atoms with van der Waals surface area (Å²) in [6.07, 6.45) is 2.64. The second-order valence-corrected chi connectivity index (χ2v) is 7.39. The minimum atomic E-state index is -0.748. The summed E-state index contributed by atoms with van der Waals surface area (Å²) in [5.41, 5.74) is 2.13. The van der Waals surface area contributed by atoms with Gasteiger partial charge in [0.05, 0.1) is 6.04 Å². The Hall–Kier alpha value is -3.11. The Morgan fingerprint density at radius 3 is 2.24 bits per heavy atom. The Kier molecular flexibility index (Phi) is 5.92. The monoisotopic (exact) mass is 387 g/mol. The molecule has 1 fully saturated rings. The highest BCUT2D eigenvalue weighted by Crippen LogP contribution is 2.36. The van der Waals surface area contributed by atoms with Crippen LogP contribution in [0.1, 0.15) is 36.4 Å². The van der Waals surface area contributed by atoms with Crippen molar-refractivity contribution in [1.82, 2.24) is 4.90 Å². The lowest BCUT2D eigenvalue weighted by molar-refractivity contribution is -0.145. The number of rotatable bonds is 6. The first-order valence-corrected chi connectivity index (χ1v) is 10.1. The molecule has 0 saturated carbocycles. The highest BCUT2D eigenvalue weighted by molar-refractivity contribution is 5.73. The van der Waals surface area contributed by atoms with Crippen LogP contribution in [0.3, 0.4) is 0 Å². The number of nitrogens with zero attached hydrogens (tertiary/aromatic N) is 1. The Bertz CT molecular complexity index is 943. The van der Waals surface area contributed by atoms with E-state index in [-0.39, 0.29) is 6.04 Å². The summed E-state index contributed by atoms with van der Waals surface area (Å²) >= 11 is 0. The Morgan fingerprint density at radius 2 is 1.52 bits per heavy atom. The van der Waals surface area contributed by atoms with Crippen molar-refractivity contribution in [3.05, 3.63) is 96.1 Å². The SMILES string of the molecule is O=C(O)C1CCCCN1C(c1ccccc1)c1cccc(Oc2ccccc2)c1. The average Bonchev–Trinajstić information content (AvgIpc) is 2.76. The third kappa shape index (κ3) is 4.49. The van der Waals surface area contributed by atoms with E-state index in [2.05, 4.69) is 23.1 Å². The fourth-order valence-corrected chi connectivity index (χ4v) is 4.11. The number of aliphatic carboxylic acids is 1. The largest absolute Gasteiger partial charge is 0.480 e. The van der Waals surface area contributed by atoms with Gasteiger partial charge in [-0.05, 0) is 54.8 Å². The highest BCUT2D eigenvalue weighted by Gasteiger charge is 2.35. The van der Waals surface area contributed by atoms with Crippen molar-refractivity contribution >= 4 is 5.97 Å². The van der Waals surface area contributed by atoms with Crippen LogP contribution in [0.2, 0.25) is 0 Å². The molecule has 0 aliphatic carbocycles. The molecule has 4 heteroatoms. The van der Waals surface area contributed by atoms with E-state index in [1.54, 1.807) is 0 Å². The average molecular weight is 387 g/mol. The number of ether oxygens (including phenoxy) is 1. The van der Waals surface area contributed by atoms with Crippen LogP contribution in [0.25, 0.3) is 0 Å². The standard InChI is InChI=1S/C25H25NO3/c27-25(28)23-16-7-8-17-26(23)24(19-10-3-1-4-11-19)20-12-9-15-22(18-20)29-21-13-5-2-6-14-21/h1-6,9-15,18,23-24H,7-8,16-17H2,(H,27,28). The smallest absolute Gasteiger partial charge is 0.320 e. The van der Waals surface area contributed by atoms with Crippen LogP contribution in [-0.4, -0.2) is 28.6 Å². The van der Waals surface area contributed by atoms with E-state index in [1.807, 2.05) is 66.7 Å². The summed E-state index contributed by atoms with van der Waals surface area (Å²) < 4.78 is 6.03. The van der Waals surface area contributed by atoms with Gasteiger partial charge in [-0.25, -0.2) is 0 Å². The predicted octanol–water partition coefficient (Wildman–Crippen LogP) is 5.51. The third-order valence-electron chi connectivity index (χ3n) is 5.43. The van der Waals surface area contributed by atoms with Crippen LogP contribution in [0.5, 0.6) is 11.5 Å². The van der Waals surface area contributed by atoms with Gasteiger partial charge in [0.25, 0.3) is 0 Å². The molecule has 148 valence electrons. The number of hydrogen-bond acceptors (Lipinski definition) is 3. The van der Waals surface area contributed by atoms with Gasteiger partial charge in [-0.2, -0.15) is 0 Å². The van der Waals surface area contributed by atoms with Crippen LogP contribution in [0.4, 0.5) is 0 Å². The van der Waals surface area contributed by atoms with Crippen LogP contribution < -0.4 is 4.74 Å². The molecule has 2 atom stereocenters. The number of carboxylic acids is 1. The van der Waals surface area contributed by atoms with E-state index in [9.17, 15) is 9.90 Å². The van der Waals surface area contributed by atoms with Crippen molar-refractivity contribution in [3.8, 4) is 11.5 Å². The molecule has 0 spiro atoms. The molecule has 1 aliphatic rings. The van der Waals surface area contributed by atoms with Crippen molar-refractivity contribution < 1.29 is 14.6 Å². The summed E-state index contributed by atoms with van der Waals surface area (Å²) in [7, 11) is 0. The molecule has 0 aromatic heterocycles. The van der Waals surface area contributed by atoms with Gasteiger partial charge < -0.3 is 9.84 Å². The van der Waals surface area contributed by atoms with E-state index in [4.69, 9.17) is 4.74 Å². The first-order chi connectivity index (χ1) is 14.2. The summed E-state index contributed by atoms with van der Waals surface area (Å²) in [4.78, 5) is 14.1. The van der Waals surface area contributed by atoms with Gasteiger partial charge in [-0.15, -0.1) is 0 Å². The molecular weight excluding hydrogens is 362 g/mol. The van der Waals surface area contributed by atoms with Crippen LogP contribution in [0, 0.1) is 0 Å². The molecule has 0 amide bonds. The topological polar surface area (TPSA) is 49.8 Å². The van der Waals surface area contributed by atoms with Crippen molar-refractivity contribution in [1.29, 1.82) is 0 Å². The molecule has 1 aliphatic heterocycles. The quantitative estimate of drug-likeness (QED) is 0.606. The fraction of sp³-hybridized carbons (Fsp3) is 0.240. The lowest BCUT2D eigenvalue weighted by Crippen LogP contribution is -2.46.